The molecule has 1 N–H and O–H groups in total. The molecular weight excluding hydrogens is 375 g/mol. The summed E-state index contributed by atoms with van der Waals surface area (Å²) in [6.07, 6.45) is 2.22. The molecule has 2 rings (SSSR count). The highest BCUT2D eigenvalue weighted by atomic mass is 31.2. The highest BCUT2D eigenvalue weighted by molar-refractivity contribution is 7.59. The summed E-state index contributed by atoms with van der Waals surface area (Å²) in [6.45, 7) is 7.00. The molecule has 5 nitrogen and oxygen atoms in total. The number of hydrogen-bond acceptors (Lipinski definition) is 5. The standard InChI is InChI=1S/C22H29O5P/c1-17(15-23)9-8-14-28(25,16-26-21(24)22(2,3)4)27-20-13-7-11-18-10-5-6-12-19(18)20/h5-7,9-13,23H,8,14-16H2,1-4H3/b17-9+. The van der Waals surface area contributed by atoms with Gasteiger partial charge in [-0.05, 0) is 45.6 Å². The zero-order chi connectivity index (χ0) is 20.8. The number of aliphatic hydroxyl groups is 1. The summed E-state index contributed by atoms with van der Waals surface area (Å²) in [5.41, 5.74) is 0.112. The molecule has 0 aliphatic carbocycles. The van der Waals surface area contributed by atoms with Crippen molar-refractivity contribution in [3.8, 4) is 5.75 Å². The van der Waals surface area contributed by atoms with Gasteiger partial charge in [0.1, 0.15) is 5.75 Å². The fourth-order valence-electron chi connectivity index (χ4n) is 2.54. The topological polar surface area (TPSA) is 72.8 Å². The average Bonchev–Trinajstić information content (AvgIpc) is 2.65. The first-order chi connectivity index (χ1) is 13.1. The lowest BCUT2D eigenvalue weighted by atomic mass is 9.98. The van der Waals surface area contributed by atoms with Crippen molar-refractivity contribution < 1.29 is 23.7 Å². The van der Waals surface area contributed by atoms with Crippen LogP contribution in [0.25, 0.3) is 10.8 Å². The zero-order valence-electron chi connectivity index (χ0n) is 17.0. The van der Waals surface area contributed by atoms with Gasteiger partial charge in [0.25, 0.3) is 7.37 Å². The zero-order valence-corrected chi connectivity index (χ0v) is 17.9. The van der Waals surface area contributed by atoms with Gasteiger partial charge in [0.15, 0.2) is 6.35 Å². The van der Waals surface area contributed by atoms with Crippen molar-refractivity contribution in [1.82, 2.24) is 0 Å². The quantitative estimate of drug-likeness (QED) is 0.364. The number of hydrogen-bond donors (Lipinski definition) is 1. The molecule has 152 valence electrons. The number of rotatable bonds is 8. The Bertz CT molecular complexity index is 890. The second-order valence-electron chi connectivity index (χ2n) is 7.91. The first kappa shape index (κ1) is 22.2. The molecule has 0 amide bonds. The minimum absolute atomic E-state index is 0.0481. The molecule has 0 heterocycles. The van der Waals surface area contributed by atoms with Crippen molar-refractivity contribution >= 4 is 24.1 Å². The Morgan fingerprint density at radius 2 is 1.82 bits per heavy atom. The maximum absolute atomic E-state index is 13.5. The van der Waals surface area contributed by atoms with E-state index in [1.54, 1.807) is 33.8 Å². The van der Waals surface area contributed by atoms with Crippen molar-refractivity contribution in [2.24, 2.45) is 5.41 Å². The van der Waals surface area contributed by atoms with Crippen molar-refractivity contribution in [1.29, 1.82) is 0 Å². The van der Waals surface area contributed by atoms with E-state index in [0.717, 1.165) is 16.3 Å². The molecule has 0 aliphatic rings. The molecule has 6 heteroatoms. The Morgan fingerprint density at radius 1 is 1.14 bits per heavy atom. The lowest BCUT2D eigenvalue weighted by Gasteiger charge is -2.23. The van der Waals surface area contributed by atoms with E-state index < -0.39 is 18.8 Å². The van der Waals surface area contributed by atoms with Crippen LogP contribution in [0, 0.1) is 5.41 Å². The summed E-state index contributed by atoms with van der Waals surface area (Å²) < 4.78 is 24.9. The number of ether oxygens (including phenoxy) is 1. The van der Waals surface area contributed by atoms with Gasteiger partial charge in [-0.2, -0.15) is 0 Å². The first-order valence-electron chi connectivity index (χ1n) is 9.34. The third-order valence-corrected chi connectivity index (χ3v) is 6.22. The van der Waals surface area contributed by atoms with Crippen molar-refractivity contribution in [2.75, 3.05) is 19.1 Å². The van der Waals surface area contributed by atoms with E-state index in [1.807, 2.05) is 42.5 Å². The van der Waals surface area contributed by atoms with Crippen LogP contribution in [0.1, 0.15) is 34.1 Å². The van der Waals surface area contributed by atoms with E-state index in [4.69, 9.17) is 14.4 Å². The molecule has 0 aromatic heterocycles. The largest absolute Gasteiger partial charge is 0.454 e. The third-order valence-electron chi connectivity index (χ3n) is 4.23. The number of fused-ring (bicyclic) bond motifs is 1. The fourth-order valence-corrected chi connectivity index (χ4v) is 4.16. The highest BCUT2D eigenvalue weighted by Gasteiger charge is 2.30. The molecule has 0 aliphatic heterocycles. The summed E-state index contributed by atoms with van der Waals surface area (Å²) in [5.74, 6) is 0.0902. The molecule has 0 saturated heterocycles. The number of benzene rings is 2. The summed E-state index contributed by atoms with van der Waals surface area (Å²) in [7, 11) is -3.30. The molecule has 0 saturated carbocycles. The minimum Gasteiger partial charge on any atom is -0.454 e. The van der Waals surface area contributed by atoms with Crippen LogP contribution < -0.4 is 4.52 Å². The monoisotopic (exact) mass is 404 g/mol. The van der Waals surface area contributed by atoms with Crippen LogP contribution in [0.3, 0.4) is 0 Å². The second kappa shape index (κ2) is 9.40. The number of carbonyl (C=O) groups is 1. The van der Waals surface area contributed by atoms with Crippen LogP contribution in [0.5, 0.6) is 5.75 Å². The van der Waals surface area contributed by atoms with E-state index in [0.29, 0.717) is 12.2 Å². The van der Waals surface area contributed by atoms with E-state index in [9.17, 15) is 9.36 Å². The van der Waals surface area contributed by atoms with Crippen LogP contribution in [0.2, 0.25) is 0 Å². The summed E-state index contributed by atoms with van der Waals surface area (Å²) in [5, 5.41) is 11.0. The molecule has 1 atom stereocenters. The number of carbonyl (C=O) groups excluding carboxylic acids is 1. The highest BCUT2D eigenvalue weighted by Crippen LogP contribution is 2.49. The summed E-state index contributed by atoms with van der Waals surface area (Å²) in [4.78, 5) is 12.2. The van der Waals surface area contributed by atoms with Crippen LogP contribution in [-0.2, 0) is 14.1 Å². The molecule has 0 radical (unpaired) electrons. The number of allylic oxidation sites excluding steroid dienone is 1. The van der Waals surface area contributed by atoms with Crippen molar-refractivity contribution in [3.05, 3.63) is 54.1 Å². The Labute approximate surface area is 166 Å². The van der Waals surface area contributed by atoms with Gasteiger partial charge in [-0.1, -0.05) is 48.0 Å². The molecule has 2 aromatic rings. The Morgan fingerprint density at radius 3 is 2.50 bits per heavy atom. The predicted molar refractivity (Wildman–Crippen MR) is 113 cm³/mol. The lowest BCUT2D eigenvalue weighted by molar-refractivity contribution is -0.150. The smallest absolute Gasteiger partial charge is 0.311 e. The van der Waals surface area contributed by atoms with Crippen molar-refractivity contribution in [3.63, 3.8) is 0 Å². The molecule has 1 unspecified atom stereocenters. The number of aliphatic hydroxyl groups excluding tert-OH is 1. The van der Waals surface area contributed by atoms with Gasteiger partial charge >= 0.3 is 5.97 Å². The van der Waals surface area contributed by atoms with Gasteiger partial charge in [-0.3, -0.25) is 9.36 Å². The number of esters is 1. The normalized spacial score (nSPS) is 14.5. The van der Waals surface area contributed by atoms with Gasteiger partial charge in [-0.25, -0.2) is 0 Å². The minimum atomic E-state index is -3.30. The lowest BCUT2D eigenvalue weighted by Crippen LogP contribution is -2.24. The Kier molecular flexibility index (Phi) is 7.45. The van der Waals surface area contributed by atoms with Crippen molar-refractivity contribution in [2.45, 2.75) is 34.1 Å². The van der Waals surface area contributed by atoms with Crippen LogP contribution in [0.15, 0.2) is 54.1 Å². The van der Waals surface area contributed by atoms with Crippen LogP contribution >= 0.6 is 7.37 Å². The van der Waals surface area contributed by atoms with Gasteiger partial charge in [0.05, 0.1) is 12.0 Å². The predicted octanol–water partition coefficient (Wildman–Crippen LogP) is 5.37. The van der Waals surface area contributed by atoms with Gasteiger partial charge in [-0.15, -0.1) is 0 Å². The fraction of sp³-hybridized carbons (Fsp3) is 0.409. The molecule has 28 heavy (non-hydrogen) atoms. The second-order valence-corrected chi connectivity index (χ2v) is 10.4. The third kappa shape index (κ3) is 6.22. The molecule has 2 aromatic carbocycles. The SMILES string of the molecule is C/C(=C\CCP(=O)(COC(=O)C(C)(C)C)Oc1cccc2ccccc12)CO. The summed E-state index contributed by atoms with van der Waals surface area (Å²) >= 11 is 0. The van der Waals surface area contributed by atoms with Gasteiger partial charge in [0, 0.05) is 11.5 Å². The van der Waals surface area contributed by atoms with E-state index >= 15 is 0 Å². The Balaban J connectivity index is 2.26. The maximum Gasteiger partial charge on any atom is 0.311 e. The van der Waals surface area contributed by atoms with Crippen LogP contribution in [0.4, 0.5) is 0 Å². The van der Waals surface area contributed by atoms with Crippen LogP contribution in [-0.4, -0.2) is 30.2 Å². The van der Waals surface area contributed by atoms with E-state index in [2.05, 4.69) is 0 Å². The first-order valence-corrected chi connectivity index (χ1v) is 11.3. The Hall–Kier alpha value is -2.10. The molecule has 0 fully saturated rings. The summed E-state index contributed by atoms with van der Waals surface area (Å²) in [6, 6.07) is 13.3. The van der Waals surface area contributed by atoms with Gasteiger partial charge < -0.3 is 14.4 Å². The molecule has 0 bridgehead atoms. The van der Waals surface area contributed by atoms with E-state index in [-0.39, 0.29) is 19.1 Å². The molecular formula is C22H29O5P. The average molecular weight is 404 g/mol. The van der Waals surface area contributed by atoms with Gasteiger partial charge in [0.2, 0.25) is 0 Å². The maximum atomic E-state index is 13.5. The molecule has 0 spiro atoms. The van der Waals surface area contributed by atoms with E-state index in [1.165, 1.54) is 0 Å².